The average Bonchev–Trinajstić information content (AvgIpc) is 2.46. The van der Waals surface area contributed by atoms with Gasteiger partial charge in [-0.25, -0.2) is 0 Å². The Bertz CT molecular complexity index is 590. The Balaban J connectivity index is 1.93. The maximum Gasteiger partial charge on any atom is 0.416 e. The number of hydrogen-bond acceptors (Lipinski definition) is 2. The highest BCUT2D eigenvalue weighted by molar-refractivity contribution is 5.91. The predicted octanol–water partition coefficient (Wildman–Crippen LogP) is 0.424. The summed E-state index contributed by atoms with van der Waals surface area (Å²) >= 11 is 0. The smallest absolute Gasteiger partial charge is 0.369 e. The Kier molecular flexibility index (Phi) is 5.25. The molecule has 8 heteroatoms. The Labute approximate surface area is 131 Å². The minimum absolute atomic E-state index is 0.0972. The number of piperidine rings is 1. The van der Waals surface area contributed by atoms with Crippen LogP contribution in [-0.2, 0) is 15.8 Å². The first kappa shape index (κ1) is 17.3. The number of nitrogens with two attached hydrogens (primary N) is 1. The van der Waals surface area contributed by atoms with Gasteiger partial charge in [0.25, 0.3) is 5.91 Å². The number of anilines is 1. The Hall–Kier alpha value is -2.09. The van der Waals surface area contributed by atoms with Crippen molar-refractivity contribution in [1.82, 2.24) is 0 Å². The van der Waals surface area contributed by atoms with E-state index in [1.165, 1.54) is 12.1 Å². The van der Waals surface area contributed by atoms with Gasteiger partial charge in [-0.1, -0.05) is 6.07 Å². The molecule has 4 N–H and O–H groups in total. The number of hydrogen-bond donors (Lipinski definition) is 3. The molecule has 23 heavy (non-hydrogen) atoms. The molecule has 0 bridgehead atoms. The van der Waals surface area contributed by atoms with E-state index < -0.39 is 11.7 Å². The molecule has 2 amide bonds. The number of carbonyl (C=O) groups excluding carboxylic acids is 2. The summed E-state index contributed by atoms with van der Waals surface area (Å²) < 4.78 is 37.9. The molecular formula is C15H19F3N3O2+. The molecule has 1 aliphatic heterocycles. The van der Waals surface area contributed by atoms with Gasteiger partial charge in [0.15, 0.2) is 6.54 Å². The summed E-state index contributed by atoms with van der Waals surface area (Å²) in [5.41, 5.74) is 4.58. The van der Waals surface area contributed by atoms with E-state index in [1.807, 2.05) is 0 Å². The Morgan fingerprint density at radius 3 is 2.74 bits per heavy atom. The SMILES string of the molecule is NC(=O)[C@@H]1CCC[NH+](CC(=O)Nc2cccc(C(F)(F)F)c2)C1. The van der Waals surface area contributed by atoms with Crippen LogP contribution in [0.4, 0.5) is 18.9 Å². The van der Waals surface area contributed by atoms with Crippen molar-refractivity contribution in [1.29, 1.82) is 0 Å². The van der Waals surface area contributed by atoms with Crippen LogP contribution in [0.5, 0.6) is 0 Å². The number of quaternary nitrogens is 1. The number of halogens is 3. The zero-order valence-electron chi connectivity index (χ0n) is 12.5. The van der Waals surface area contributed by atoms with Gasteiger partial charge in [-0.15, -0.1) is 0 Å². The first-order valence-corrected chi connectivity index (χ1v) is 7.35. The highest BCUT2D eigenvalue weighted by Crippen LogP contribution is 2.30. The molecule has 0 saturated carbocycles. The van der Waals surface area contributed by atoms with Crippen molar-refractivity contribution in [3.63, 3.8) is 0 Å². The van der Waals surface area contributed by atoms with E-state index in [1.54, 1.807) is 0 Å². The maximum absolute atomic E-state index is 12.6. The number of primary amides is 1. The van der Waals surface area contributed by atoms with Gasteiger partial charge in [0, 0.05) is 5.69 Å². The van der Waals surface area contributed by atoms with Gasteiger partial charge in [-0.3, -0.25) is 9.59 Å². The van der Waals surface area contributed by atoms with Crippen LogP contribution in [0.3, 0.4) is 0 Å². The van der Waals surface area contributed by atoms with Gasteiger partial charge in [0.2, 0.25) is 5.91 Å². The number of benzene rings is 1. The van der Waals surface area contributed by atoms with Gasteiger partial charge in [-0.2, -0.15) is 13.2 Å². The molecular weight excluding hydrogens is 311 g/mol. The average molecular weight is 330 g/mol. The van der Waals surface area contributed by atoms with Crippen molar-refractivity contribution in [3.05, 3.63) is 29.8 Å². The summed E-state index contributed by atoms with van der Waals surface area (Å²) in [7, 11) is 0. The van der Waals surface area contributed by atoms with Gasteiger partial charge in [0.05, 0.1) is 24.6 Å². The standard InChI is InChI=1S/C15H18F3N3O2/c16-15(17,18)11-4-1-5-12(7-11)20-13(22)9-21-6-2-3-10(8-21)14(19)23/h1,4-5,7,10H,2-3,6,8-9H2,(H2,19,23)(H,20,22)/p+1/t10-/m1/s1. The van der Waals surface area contributed by atoms with Crippen molar-refractivity contribution >= 4 is 17.5 Å². The fraction of sp³-hybridized carbons (Fsp3) is 0.467. The number of amides is 2. The topological polar surface area (TPSA) is 76.6 Å². The van der Waals surface area contributed by atoms with E-state index in [0.29, 0.717) is 13.0 Å². The number of rotatable bonds is 4. The zero-order valence-corrected chi connectivity index (χ0v) is 12.5. The minimum Gasteiger partial charge on any atom is -0.369 e. The van der Waals surface area contributed by atoms with Crippen molar-refractivity contribution in [2.75, 3.05) is 25.0 Å². The van der Waals surface area contributed by atoms with Crippen LogP contribution >= 0.6 is 0 Å². The summed E-state index contributed by atoms with van der Waals surface area (Å²) in [5.74, 6) is -1.01. The second-order valence-corrected chi connectivity index (χ2v) is 5.75. The number of likely N-dealkylation sites (tertiary alicyclic amines) is 1. The van der Waals surface area contributed by atoms with Crippen LogP contribution in [0.1, 0.15) is 18.4 Å². The summed E-state index contributed by atoms with van der Waals surface area (Å²) in [6.07, 6.45) is -2.94. The lowest BCUT2D eigenvalue weighted by Crippen LogP contribution is -3.14. The second-order valence-electron chi connectivity index (χ2n) is 5.75. The largest absolute Gasteiger partial charge is 0.416 e. The predicted molar refractivity (Wildman–Crippen MR) is 77.6 cm³/mol. The third-order valence-electron chi connectivity index (χ3n) is 3.90. The molecule has 1 saturated heterocycles. The van der Waals surface area contributed by atoms with E-state index in [2.05, 4.69) is 5.32 Å². The molecule has 0 radical (unpaired) electrons. The number of carbonyl (C=O) groups is 2. The van der Waals surface area contributed by atoms with E-state index in [4.69, 9.17) is 5.73 Å². The van der Waals surface area contributed by atoms with Crippen molar-refractivity contribution in [3.8, 4) is 0 Å². The molecule has 126 valence electrons. The van der Waals surface area contributed by atoms with E-state index in [-0.39, 0.29) is 30.0 Å². The molecule has 2 atom stereocenters. The molecule has 1 aromatic rings. The van der Waals surface area contributed by atoms with Crippen LogP contribution in [0, 0.1) is 5.92 Å². The molecule has 5 nitrogen and oxygen atoms in total. The lowest BCUT2D eigenvalue weighted by atomic mass is 9.97. The molecule has 0 aliphatic carbocycles. The molecule has 1 unspecified atom stereocenters. The molecule has 1 fully saturated rings. The van der Waals surface area contributed by atoms with Gasteiger partial charge >= 0.3 is 6.18 Å². The Morgan fingerprint density at radius 1 is 1.35 bits per heavy atom. The molecule has 0 spiro atoms. The van der Waals surface area contributed by atoms with Gasteiger partial charge in [0.1, 0.15) is 0 Å². The molecule has 0 aromatic heterocycles. The molecule has 2 rings (SSSR count). The minimum atomic E-state index is -4.45. The van der Waals surface area contributed by atoms with E-state index in [9.17, 15) is 22.8 Å². The third-order valence-corrected chi connectivity index (χ3v) is 3.90. The van der Waals surface area contributed by atoms with E-state index >= 15 is 0 Å². The van der Waals surface area contributed by atoms with Crippen LogP contribution in [0.2, 0.25) is 0 Å². The van der Waals surface area contributed by atoms with Crippen molar-refractivity contribution in [2.45, 2.75) is 19.0 Å². The molecule has 1 heterocycles. The summed E-state index contributed by atoms with van der Waals surface area (Å²) in [5, 5.41) is 2.47. The maximum atomic E-state index is 12.6. The zero-order chi connectivity index (χ0) is 17.0. The molecule has 1 aliphatic rings. The quantitative estimate of drug-likeness (QED) is 0.748. The third kappa shape index (κ3) is 4.95. The van der Waals surface area contributed by atoms with E-state index in [0.717, 1.165) is 30.0 Å². The lowest BCUT2D eigenvalue weighted by Gasteiger charge is -2.27. The van der Waals surface area contributed by atoms with Crippen molar-refractivity contribution in [2.24, 2.45) is 11.7 Å². The fourth-order valence-corrected chi connectivity index (χ4v) is 2.76. The van der Waals surface area contributed by atoms with Gasteiger partial charge in [-0.05, 0) is 31.0 Å². The summed E-state index contributed by atoms with van der Waals surface area (Å²) in [6.45, 7) is 1.31. The van der Waals surface area contributed by atoms with Gasteiger partial charge < -0.3 is 16.0 Å². The van der Waals surface area contributed by atoms with Crippen LogP contribution in [0.15, 0.2) is 24.3 Å². The number of nitrogens with one attached hydrogen (secondary N) is 2. The second kappa shape index (κ2) is 6.99. The first-order chi connectivity index (χ1) is 10.8. The Morgan fingerprint density at radius 2 is 2.09 bits per heavy atom. The highest BCUT2D eigenvalue weighted by Gasteiger charge is 2.31. The summed E-state index contributed by atoms with van der Waals surface area (Å²) in [4.78, 5) is 24.1. The van der Waals surface area contributed by atoms with Crippen molar-refractivity contribution < 1.29 is 27.7 Å². The first-order valence-electron chi connectivity index (χ1n) is 7.35. The normalized spacial score (nSPS) is 21.7. The van der Waals surface area contributed by atoms with Crippen LogP contribution < -0.4 is 16.0 Å². The van der Waals surface area contributed by atoms with Crippen LogP contribution in [0.25, 0.3) is 0 Å². The highest BCUT2D eigenvalue weighted by atomic mass is 19.4. The molecule has 1 aromatic carbocycles. The van der Waals surface area contributed by atoms with Crippen LogP contribution in [-0.4, -0.2) is 31.4 Å². The summed E-state index contributed by atoms with van der Waals surface area (Å²) in [6, 6.07) is 4.50. The monoisotopic (exact) mass is 330 g/mol. The lowest BCUT2D eigenvalue weighted by molar-refractivity contribution is -0.899. The number of alkyl halides is 3. The fourth-order valence-electron chi connectivity index (χ4n) is 2.76.